The summed E-state index contributed by atoms with van der Waals surface area (Å²) in [5.41, 5.74) is 1.45. The van der Waals surface area contributed by atoms with Gasteiger partial charge in [-0.05, 0) is 48.5 Å². The van der Waals surface area contributed by atoms with E-state index in [4.69, 9.17) is 4.42 Å². The lowest BCUT2D eigenvalue weighted by molar-refractivity contribution is -0.118. The van der Waals surface area contributed by atoms with Crippen molar-refractivity contribution in [3.05, 3.63) is 78.8 Å². The quantitative estimate of drug-likeness (QED) is 0.471. The van der Waals surface area contributed by atoms with Crippen LogP contribution in [0, 0.1) is 5.82 Å². The first-order chi connectivity index (χ1) is 14.2. The summed E-state index contributed by atoms with van der Waals surface area (Å²) in [6.45, 7) is 0.317. The maximum atomic E-state index is 13.4. The molecular formula is C20H16FN5O2S. The van der Waals surface area contributed by atoms with E-state index in [2.05, 4.69) is 20.5 Å². The standard InChI is InChI=1S/C20H16FN5O2S/c21-15-5-7-16(8-6-15)26-19(14-3-1-9-22-11-14)24-25-20(26)29-13-18(27)23-12-17-4-2-10-28-17/h1-11H,12-13H2,(H,23,27). The third-order valence-electron chi connectivity index (χ3n) is 4.01. The first-order valence-electron chi connectivity index (χ1n) is 8.74. The average Bonchev–Trinajstić information content (AvgIpc) is 3.42. The minimum atomic E-state index is -0.337. The summed E-state index contributed by atoms with van der Waals surface area (Å²) in [5, 5.41) is 11.8. The summed E-state index contributed by atoms with van der Waals surface area (Å²) in [6, 6.07) is 13.2. The first kappa shape index (κ1) is 18.9. The van der Waals surface area contributed by atoms with E-state index in [0.717, 1.165) is 5.56 Å². The van der Waals surface area contributed by atoms with Gasteiger partial charge in [0.2, 0.25) is 5.91 Å². The van der Waals surface area contributed by atoms with Crippen LogP contribution in [0.1, 0.15) is 5.76 Å². The molecule has 0 bridgehead atoms. The molecule has 1 N–H and O–H groups in total. The van der Waals surface area contributed by atoms with Gasteiger partial charge in [0.05, 0.1) is 18.6 Å². The fourth-order valence-corrected chi connectivity index (χ4v) is 3.43. The fourth-order valence-electron chi connectivity index (χ4n) is 2.65. The monoisotopic (exact) mass is 409 g/mol. The number of nitrogens with one attached hydrogen (secondary N) is 1. The lowest BCUT2D eigenvalue weighted by Crippen LogP contribution is -2.24. The molecule has 9 heteroatoms. The summed E-state index contributed by atoms with van der Waals surface area (Å²) >= 11 is 1.24. The molecule has 0 fully saturated rings. The number of thioether (sulfide) groups is 1. The van der Waals surface area contributed by atoms with Gasteiger partial charge in [-0.15, -0.1) is 10.2 Å². The van der Waals surface area contributed by atoms with Gasteiger partial charge in [-0.1, -0.05) is 11.8 Å². The zero-order valence-electron chi connectivity index (χ0n) is 15.2. The molecule has 29 heavy (non-hydrogen) atoms. The Labute approximate surface area is 170 Å². The number of pyridine rings is 1. The van der Waals surface area contributed by atoms with E-state index < -0.39 is 0 Å². The van der Waals surface area contributed by atoms with Crippen molar-refractivity contribution in [2.24, 2.45) is 0 Å². The molecule has 0 spiro atoms. The molecule has 4 aromatic rings. The molecule has 0 radical (unpaired) electrons. The van der Waals surface area contributed by atoms with Crippen LogP contribution in [0.3, 0.4) is 0 Å². The van der Waals surface area contributed by atoms with Gasteiger partial charge in [-0.25, -0.2) is 4.39 Å². The summed E-state index contributed by atoms with van der Waals surface area (Å²) in [4.78, 5) is 16.3. The van der Waals surface area contributed by atoms with Crippen molar-refractivity contribution in [1.82, 2.24) is 25.1 Å². The Morgan fingerprint density at radius 2 is 2.00 bits per heavy atom. The second kappa shape index (κ2) is 8.70. The third kappa shape index (κ3) is 4.52. The van der Waals surface area contributed by atoms with E-state index in [9.17, 15) is 9.18 Å². The van der Waals surface area contributed by atoms with Crippen molar-refractivity contribution in [1.29, 1.82) is 0 Å². The molecule has 0 saturated heterocycles. The Morgan fingerprint density at radius 1 is 1.14 bits per heavy atom. The minimum absolute atomic E-state index is 0.146. The Balaban J connectivity index is 1.55. The molecule has 3 heterocycles. The van der Waals surface area contributed by atoms with Crippen LogP contribution in [0.2, 0.25) is 0 Å². The molecular weight excluding hydrogens is 393 g/mol. The largest absolute Gasteiger partial charge is 0.467 e. The smallest absolute Gasteiger partial charge is 0.230 e. The van der Waals surface area contributed by atoms with Crippen LogP contribution in [-0.2, 0) is 11.3 Å². The highest BCUT2D eigenvalue weighted by Gasteiger charge is 2.17. The van der Waals surface area contributed by atoms with Gasteiger partial charge in [-0.3, -0.25) is 14.3 Å². The van der Waals surface area contributed by atoms with Crippen LogP contribution in [0.5, 0.6) is 0 Å². The summed E-state index contributed by atoms with van der Waals surface area (Å²) in [6.07, 6.45) is 4.90. The first-order valence-corrected chi connectivity index (χ1v) is 9.73. The summed E-state index contributed by atoms with van der Waals surface area (Å²) in [5.74, 6) is 0.881. The predicted octanol–water partition coefficient (Wildman–Crippen LogP) is 3.47. The average molecular weight is 409 g/mol. The van der Waals surface area contributed by atoms with Crippen LogP contribution in [-0.4, -0.2) is 31.4 Å². The predicted molar refractivity (Wildman–Crippen MR) is 106 cm³/mol. The molecule has 0 aliphatic heterocycles. The van der Waals surface area contributed by atoms with Crippen molar-refractivity contribution in [2.75, 3.05) is 5.75 Å². The molecule has 3 aromatic heterocycles. The van der Waals surface area contributed by atoms with Crippen molar-refractivity contribution < 1.29 is 13.6 Å². The zero-order chi connectivity index (χ0) is 20.1. The van der Waals surface area contributed by atoms with E-state index in [1.165, 1.54) is 23.9 Å². The van der Waals surface area contributed by atoms with E-state index in [0.29, 0.717) is 29.0 Å². The number of furan rings is 1. The van der Waals surface area contributed by atoms with Gasteiger partial charge in [-0.2, -0.15) is 0 Å². The molecule has 0 aliphatic carbocycles. The molecule has 146 valence electrons. The molecule has 1 aromatic carbocycles. The second-order valence-corrected chi connectivity index (χ2v) is 6.95. The Bertz CT molecular complexity index is 1080. The maximum absolute atomic E-state index is 13.4. The highest BCUT2D eigenvalue weighted by atomic mass is 32.2. The lowest BCUT2D eigenvalue weighted by Gasteiger charge is -2.10. The molecule has 1 amide bonds. The topological polar surface area (TPSA) is 85.8 Å². The third-order valence-corrected chi connectivity index (χ3v) is 4.94. The number of amides is 1. The van der Waals surface area contributed by atoms with Gasteiger partial charge in [0.25, 0.3) is 0 Å². The van der Waals surface area contributed by atoms with Crippen LogP contribution in [0.15, 0.2) is 76.8 Å². The van der Waals surface area contributed by atoms with Crippen molar-refractivity contribution in [2.45, 2.75) is 11.7 Å². The second-order valence-electron chi connectivity index (χ2n) is 6.00. The molecule has 0 atom stereocenters. The van der Waals surface area contributed by atoms with Crippen LogP contribution in [0.4, 0.5) is 4.39 Å². The van der Waals surface area contributed by atoms with Gasteiger partial charge in [0.1, 0.15) is 11.6 Å². The molecule has 4 rings (SSSR count). The number of halogens is 1. The molecule has 7 nitrogen and oxygen atoms in total. The van der Waals surface area contributed by atoms with E-state index in [1.807, 2.05) is 6.07 Å². The fraction of sp³-hybridized carbons (Fsp3) is 0.100. The highest BCUT2D eigenvalue weighted by Crippen LogP contribution is 2.27. The van der Waals surface area contributed by atoms with Crippen LogP contribution >= 0.6 is 11.8 Å². The van der Waals surface area contributed by atoms with Gasteiger partial charge < -0.3 is 9.73 Å². The number of aromatic nitrogens is 4. The zero-order valence-corrected chi connectivity index (χ0v) is 16.0. The van der Waals surface area contributed by atoms with Crippen LogP contribution < -0.4 is 5.32 Å². The van der Waals surface area contributed by atoms with Gasteiger partial charge in [0.15, 0.2) is 11.0 Å². The number of rotatable bonds is 7. The number of hydrogen-bond acceptors (Lipinski definition) is 6. The molecule has 0 saturated carbocycles. The van der Waals surface area contributed by atoms with E-state index in [1.54, 1.807) is 53.6 Å². The molecule has 0 unspecified atom stereocenters. The number of nitrogens with zero attached hydrogens (tertiary/aromatic N) is 4. The molecule has 0 aliphatic rings. The minimum Gasteiger partial charge on any atom is -0.467 e. The Morgan fingerprint density at radius 3 is 2.72 bits per heavy atom. The lowest BCUT2D eigenvalue weighted by atomic mass is 10.2. The Hall–Kier alpha value is -3.46. The Kier molecular flexibility index (Phi) is 5.66. The summed E-state index contributed by atoms with van der Waals surface area (Å²) in [7, 11) is 0. The number of carbonyl (C=O) groups is 1. The van der Waals surface area contributed by atoms with E-state index in [-0.39, 0.29) is 17.5 Å². The number of hydrogen-bond donors (Lipinski definition) is 1. The SMILES string of the molecule is O=C(CSc1nnc(-c2cccnc2)n1-c1ccc(F)cc1)NCc1ccco1. The van der Waals surface area contributed by atoms with Gasteiger partial charge in [0, 0.05) is 23.6 Å². The van der Waals surface area contributed by atoms with Crippen molar-refractivity contribution in [3.8, 4) is 17.1 Å². The maximum Gasteiger partial charge on any atom is 0.230 e. The van der Waals surface area contributed by atoms with Crippen molar-refractivity contribution >= 4 is 17.7 Å². The number of carbonyl (C=O) groups excluding carboxylic acids is 1. The number of benzene rings is 1. The van der Waals surface area contributed by atoms with Crippen molar-refractivity contribution in [3.63, 3.8) is 0 Å². The van der Waals surface area contributed by atoms with Gasteiger partial charge >= 0.3 is 0 Å². The normalized spacial score (nSPS) is 10.8. The highest BCUT2D eigenvalue weighted by molar-refractivity contribution is 7.99. The summed E-state index contributed by atoms with van der Waals surface area (Å²) < 4.78 is 20.4. The van der Waals surface area contributed by atoms with E-state index >= 15 is 0 Å². The van der Waals surface area contributed by atoms with Crippen LogP contribution in [0.25, 0.3) is 17.1 Å².